The maximum atomic E-state index is 13.9. The summed E-state index contributed by atoms with van der Waals surface area (Å²) in [5, 5.41) is 1.54. The van der Waals surface area contributed by atoms with Crippen LogP contribution in [0, 0.1) is 11.3 Å². The van der Waals surface area contributed by atoms with Crippen molar-refractivity contribution in [1.29, 1.82) is 0 Å². The van der Waals surface area contributed by atoms with Gasteiger partial charge in [0.1, 0.15) is 37.7 Å². The van der Waals surface area contributed by atoms with Crippen molar-refractivity contribution in [3.8, 4) is 0 Å². The second kappa shape index (κ2) is 19.6. The van der Waals surface area contributed by atoms with Crippen LogP contribution in [0.3, 0.4) is 0 Å². The fourth-order valence-corrected chi connectivity index (χ4v) is 24.1. The number of epoxide rings is 2. The first-order valence-corrected chi connectivity index (χ1v) is 32.0. The van der Waals surface area contributed by atoms with Gasteiger partial charge < -0.3 is 31.1 Å². The molecule has 63 heavy (non-hydrogen) atoms. The van der Waals surface area contributed by atoms with E-state index in [9.17, 15) is 9.59 Å². The maximum Gasteiger partial charge on any atom is 0.310 e. The van der Waals surface area contributed by atoms with Gasteiger partial charge in [-0.15, -0.1) is 0 Å². The number of ether oxygens (including phenoxy) is 4. The van der Waals surface area contributed by atoms with Crippen LogP contribution < -0.4 is 10.4 Å². The largest absolute Gasteiger partial charge is 0.463 e. The molecule has 3 aliphatic rings. The Balaban J connectivity index is 1.52. The molecule has 10 nitrogen and oxygen atoms in total. The van der Waals surface area contributed by atoms with Gasteiger partial charge in [-0.1, -0.05) is 103 Å². The van der Waals surface area contributed by atoms with Crippen molar-refractivity contribution >= 4 is 71.6 Å². The van der Waals surface area contributed by atoms with E-state index in [1.807, 2.05) is 13.8 Å². The molecule has 5 unspecified atom stereocenters. The molecule has 0 aromatic heterocycles. The van der Waals surface area contributed by atoms with Crippen LogP contribution in [-0.2, 0) is 51.3 Å². The van der Waals surface area contributed by atoms with E-state index in [0.29, 0.717) is 19.6 Å². The predicted molar refractivity (Wildman–Crippen MR) is 264 cm³/mol. The van der Waals surface area contributed by atoms with Crippen molar-refractivity contribution in [2.45, 2.75) is 179 Å². The van der Waals surface area contributed by atoms with Gasteiger partial charge in [-0.2, -0.15) is 0 Å². The van der Waals surface area contributed by atoms with Crippen LogP contribution in [0.5, 0.6) is 0 Å². The van der Waals surface area contributed by atoms with Crippen molar-refractivity contribution < 1.29 is 44.9 Å². The zero-order valence-electron chi connectivity index (χ0n) is 41.2. The van der Waals surface area contributed by atoms with Gasteiger partial charge in [-0.05, 0) is 120 Å². The molecule has 2 aromatic carbocycles. The first-order valence-electron chi connectivity index (χ1n) is 22.9. The molecule has 2 bridgehead atoms. The summed E-state index contributed by atoms with van der Waals surface area (Å²) in [5.74, 6) is -1.59. The third kappa shape index (κ3) is 11.8. The molecule has 0 amide bonds. The lowest BCUT2D eigenvalue weighted by Crippen LogP contribution is -2.75. The Kier molecular flexibility index (Phi) is 16.3. The van der Waals surface area contributed by atoms with E-state index in [1.54, 1.807) is 0 Å². The number of hydrogen-bond acceptors (Lipinski definition) is 12. The number of fused-ring (bicyclic) bond motifs is 2. The van der Waals surface area contributed by atoms with Gasteiger partial charge in [0, 0.05) is 14.8 Å². The van der Waals surface area contributed by atoms with Crippen LogP contribution in [0.1, 0.15) is 108 Å². The number of esters is 2. The summed E-state index contributed by atoms with van der Waals surface area (Å²) in [6.45, 7) is 37.1. The van der Waals surface area contributed by atoms with Crippen molar-refractivity contribution in [2.24, 2.45) is 11.3 Å². The van der Waals surface area contributed by atoms with Gasteiger partial charge in [0.05, 0.1) is 36.8 Å². The van der Waals surface area contributed by atoms with E-state index in [1.165, 1.54) is 28.0 Å². The summed E-state index contributed by atoms with van der Waals surface area (Å²) >= 11 is 2.65. The number of hydrogen-bond donors (Lipinski definition) is 0. The lowest BCUT2D eigenvalue weighted by molar-refractivity contribution is -0.160. The molecule has 15 heteroatoms. The van der Waals surface area contributed by atoms with Crippen molar-refractivity contribution in [3.05, 3.63) is 60.2 Å². The van der Waals surface area contributed by atoms with Crippen molar-refractivity contribution in [1.82, 2.24) is 0 Å². The minimum atomic E-state index is -3.28. The van der Waals surface area contributed by atoms with Gasteiger partial charge in [0.25, 0.3) is 8.32 Å². The van der Waals surface area contributed by atoms with Crippen LogP contribution >= 0.6 is 24.4 Å². The van der Waals surface area contributed by atoms with Crippen molar-refractivity contribution in [2.75, 3.05) is 26.4 Å². The quantitative estimate of drug-likeness (QED) is 0.0408. The molecule has 2 aromatic rings. The van der Waals surface area contributed by atoms with Crippen molar-refractivity contribution in [3.63, 3.8) is 0 Å². The van der Waals surface area contributed by atoms with E-state index in [0.717, 1.165) is 30.8 Å². The second-order valence-corrected chi connectivity index (χ2v) is 37.7. The second-order valence-electron chi connectivity index (χ2n) is 22.1. The van der Waals surface area contributed by atoms with Gasteiger partial charge in [0.2, 0.25) is 16.6 Å². The average molecular weight is 964 g/mol. The third-order valence-electron chi connectivity index (χ3n) is 14.5. The van der Waals surface area contributed by atoms with Gasteiger partial charge in [0.15, 0.2) is 0 Å². The number of benzene rings is 2. The highest BCUT2D eigenvalue weighted by Crippen LogP contribution is 2.61. The standard InChI is InChI=1S/C48H78O10S2Si3/c1-17-62(18-2,47(11,12)45(7,8)55-60-58-61(14,15)16)56-46(9,10)48(13)29-35-23-22-26-39(27-35)63(48,38-24-20-19-21-25-38)57-59-44(5,6)34-43(3,4)40(42(50)54-33-37-31-52-37)28-41(49)53-32-36-30-51-36/h19-27,36-37,40H,17-18,28-34H2,1-16H3. The van der Waals surface area contributed by atoms with E-state index in [-0.39, 0.29) is 36.9 Å². The lowest BCUT2D eigenvalue weighted by Gasteiger charge is -2.61. The summed E-state index contributed by atoms with van der Waals surface area (Å²) in [5.41, 5.74) is -0.662. The third-order valence-corrected chi connectivity index (χ3v) is 29.8. The molecule has 0 spiro atoms. The summed E-state index contributed by atoms with van der Waals surface area (Å²) in [7, 11) is -7.80. The molecule has 0 saturated carbocycles. The van der Waals surface area contributed by atoms with Crippen LogP contribution in [0.15, 0.2) is 54.6 Å². The highest BCUT2D eigenvalue weighted by molar-refractivity contribution is 7.97. The fourth-order valence-electron chi connectivity index (χ4n) is 9.72. The Morgan fingerprint density at radius 3 is 1.97 bits per heavy atom. The maximum absolute atomic E-state index is 13.9. The zero-order valence-corrected chi connectivity index (χ0v) is 45.8. The summed E-state index contributed by atoms with van der Waals surface area (Å²) in [6.07, 6.45) is 1.07. The molecule has 0 aliphatic carbocycles. The van der Waals surface area contributed by atoms with Gasteiger partial charge in [-0.25, -0.2) is 0 Å². The molecule has 5 rings (SSSR count). The monoisotopic (exact) mass is 962 g/mol. The Bertz CT molecular complexity index is 1870. The molecule has 354 valence electrons. The van der Waals surface area contributed by atoms with E-state index < -0.39 is 69.2 Å². The molecule has 3 aliphatic heterocycles. The minimum absolute atomic E-state index is 0.0663. The van der Waals surface area contributed by atoms with Gasteiger partial charge >= 0.3 is 11.9 Å². The molecule has 2 saturated heterocycles. The fraction of sp³-hybridized carbons (Fsp3) is 0.708. The van der Waals surface area contributed by atoms with E-state index in [2.05, 4.69) is 150 Å². The topological polar surface area (TPSA) is 115 Å². The first kappa shape index (κ1) is 52.5. The lowest BCUT2D eigenvalue weighted by atomic mass is 9.71. The molecule has 0 radical (unpaired) electrons. The number of rotatable bonds is 25. The summed E-state index contributed by atoms with van der Waals surface area (Å²) in [6, 6.07) is 21.6. The normalized spacial score (nSPS) is 23.6. The van der Waals surface area contributed by atoms with Crippen LogP contribution in [-0.4, -0.2) is 91.5 Å². The highest BCUT2D eigenvalue weighted by atomic mass is 32.2. The summed E-state index contributed by atoms with van der Waals surface area (Å²) < 4.78 is 50.1. The van der Waals surface area contributed by atoms with Crippen LogP contribution in [0.4, 0.5) is 0 Å². The Morgan fingerprint density at radius 1 is 0.841 bits per heavy atom. The van der Waals surface area contributed by atoms with Crippen LogP contribution in [0.25, 0.3) is 0 Å². The van der Waals surface area contributed by atoms with Gasteiger partial charge in [-0.3, -0.25) is 13.8 Å². The first-order chi connectivity index (χ1) is 29.1. The Morgan fingerprint density at radius 2 is 1.41 bits per heavy atom. The van der Waals surface area contributed by atoms with Crippen LogP contribution in [0.2, 0.25) is 41.8 Å². The SMILES string of the molecule is CC[Si](CC)(OC(C)(C)C1(C)Cc2cccc(c2)[Si]1(OSC(C)(C)CC(C)(C)C(CC(=O)OCC1CO1)C(=O)OCC1CO1)c1ccccc1)C(C)(C)C(C)(C)OSO[Si](C)(C)C. The molecule has 0 N–H and O–H groups in total. The molecule has 2 fully saturated rings. The summed E-state index contributed by atoms with van der Waals surface area (Å²) in [4.78, 5) is 27.1. The number of carbonyl (C=O) groups excluding carboxylic acids is 2. The molecule has 3 heterocycles. The minimum Gasteiger partial charge on any atom is -0.463 e. The molecular weight excluding hydrogens is 885 g/mol. The van der Waals surface area contributed by atoms with E-state index >= 15 is 0 Å². The van der Waals surface area contributed by atoms with E-state index in [4.69, 9.17) is 35.3 Å². The Hall–Kier alpha value is -1.51. The average Bonchev–Trinajstić information content (AvgIpc) is 4.13. The molecular formula is C48H78O10S2Si3. The highest BCUT2D eigenvalue weighted by Gasteiger charge is 2.68. The number of carbonyl (C=O) groups is 2. The smallest absolute Gasteiger partial charge is 0.310 e. The molecule has 5 atom stereocenters. The Labute approximate surface area is 391 Å². The zero-order chi connectivity index (χ0) is 46.9. The predicted octanol–water partition coefficient (Wildman–Crippen LogP) is 10.6.